The van der Waals surface area contributed by atoms with Crippen molar-refractivity contribution in [3.05, 3.63) is 78.2 Å². The van der Waals surface area contributed by atoms with Gasteiger partial charge in [-0.25, -0.2) is 9.78 Å². The molecular weight excluding hydrogens is 384 g/mol. The molecule has 0 bridgehead atoms. The summed E-state index contributed by atoms with van der Waals surface area (Å²) in [5.74, 6) is 0.219. The molecule has 7 nitrogen and oxygen atoms in total. The zero-order valence-corrected chi connectivity index (χ0v) is 16.7. The number of carbonyl (C=O) groups is 2. The van der Waals surface area contributed by atoms with Gasteiger partial charge in [-0.1, -0.05) is 30.3 Å². The van der Waals surface area contributed by atoms with Gasteiger partial charge in [0, 0.05) is 11.6 Å². The first-order valence-electron chi connectivity index (χ1n) is 9.34. The van der Waals surface area contributed by atoms with Gasteiger partial charge < -0.3 is 19.2 Å². The van der Waals surface area contributed by atoms with Crippen LogP contribution < -0.4 is 10.1 Å². The molecule has 1 amide bonds. The van der Waals surface area contributed by atoms with Crippen LogP contribution in [0.5, 0.6) is 5.75 Å². The van der Waals surface area contributed by atoms with Gasteiger partial charge in [0.05, 0.1) is 7.11 Å². The number of carbonyl (C=O) groups excluding carboxylic acids is 2. The molecule has 0 radical (unpaired) electrons. The Morgan fingerprint density at radius 3 is 2.57 bits per heavy atom. The largest absolute Gasteiger partial charge is 0.497 e. The molecule has 0 saturated heterocycles. The molecule has 0 spiro atoms. The summed E-state index contributed by atoms with van der Waals surface area (Å²) in [6.07, 6.45) is 4.44. The fourth-order valence-electron chi connectivity index (χ4n) is 2.56. The van der Waals surface area contributed by atoms with E-state index in [0.29, 0.717) is 11.6 Å². The van der Waals surface area contributed by atoms with E-state index in [1.807, 2.05) is 42.5 Å². The van der Waals surface area contributed by atoms with E-state index in [9.17, 15) is 9.59 Å². The van der Waals surface area contributed by atoms with Crippen molar-refractivity contribution in [1.29, 1.82) is 0 Å². The third kappa shape index (κ3) is 5.81. The van der Waals surface area contributed by atoms with Gasteiger partial charge in [-0.15, -0.1) is 0 Å². The van der Waals surface area contributed by atoms with Crippen molar-refractivity contribution in [1.82, 2.24) is 10.3 Å². The average Bonchev–Trinajstić information content (AvgIpc) is 3.26. The average molecular weight is 406 g/mol. The number of rotatable bonds is 8. The highest BCUT2D eigenvalue weighted by atomic mass is 16.5. The summed E-state index contributed by atoms with van der Waals surface area (Å²) in [4.78, 5) is 28.5. The first-order valence-corrected chi connectivity index (χ1v) is 9.34. The fraction of sp³-hybridized carbons (Fsp3) is 0.174. The highest BCUT2D eigenvalue weighted by Gasteiger charge is 2.17. The van der Waals surface area contributed by atoms with Crippen LogP contribution in [0, 0.1) is 0 Å². The monoisotopic (exact) mass is 406 g/mol. The van der Waals surface area contributed by atoms with Gasteiger partial charge in [0.15, 0.2) is 0 Å². The minimum absolute atomic E-state index is 0.0446. The van der Waals surface area contributed by atoms with Crippen LogP contribution in [0.4, 0.5) is 0 Å². The van der Waals surface area contributed by atoms with Crippen molar-refractivity contribution in [3.63, 3.8) is 0 Å². The minimum Gasteiger partial charge on any atom is -0.497 e. The maximum Gasteiger partial charge on any atom is 0.328 e. The molecule has 0 unspecified atom stereocenters. The van der Waals surface area contributed by atoms with Crippen molar-refractivity contribution < 1.29 is 23.5 Å². The van der Waals surface area contributed by atoms with Gasteiger partial charge in [0.1, 0.15) is 30.4 Å². The lowest BCUT2D eigenvalue weighted by atomic mass is 10.2. The van der Waals surface area contributed by atoms with Crippen LogP contribution in [0.25, 0.3) is 17.5 Å². The molecule has 3 rings (SSSR count). The number of amides is 1. The van der Waals surface area contributed by atoms with E-state index >= 15 is 0 Å². The normalized spacial score (nSPS) is 11.8. The van der Waals surface area contributed by atoms with Gasteiger partial charge in [0.2, 0.25) is 11.8 Å². The van der Waals surface area contributed by atoms with E-state index in [1.54, 1.807) is 32.2 Å². The Morgan fingerprint density at radius 1 is 1.13 bits per heavy atom. The Kier molecular flexibility index (Phi) is 7.00. The number of nitrogens with one attached hydrogen (secondary N) is 1. The molecule has 1 N–H and O–H groups in total. The molecule has 3 aromatic rings. The molecule has 30 heavy (non-hydrogen) atoms. The van der Waals surface area contributed by atoms with E-state index in [0.717, 1.165) is 16.9 Å². The third-order valence-corrected chi connectivity index (χ3v) is 4.19. The standard InChI is InChI=1S/C23H22N2O5/c1-16(24-21(26)13-10-17-8-11-20(28-2)12-9-17)23(27)30-15-19-14-29-22(25-19)18-6-4-3-5-7-18/h3-14,16H,15H2,1-2H3,(H,24,26)/b13-10+/t16-/m0/s1. The first-order chi connectivity index (χ1) is 14.5. The number of esters is 1. The van der Waals surface area contributed by atoms with Gasteiger partial charge >= 0.3 is 5.97 Å². The van der Waals surface area contributed by atoms with Crippen molar-refractivity contribution in [2.24, 2.45) is 0 Å². The smallest absolute Gasteiger partial charge is 0.328 e. The van der Waals surface area contributed by atoms with Crippen LogP contribution >= 0.6 is 0 Å². The summed E-state index contributed by atoms with van der Waals surface area (Å²) < 4.78 is 15.7. The fourth-order valence-corrected chi connectivity index (χ4v) is 2.56. The SMILES string of the molecule is COc1ccc(/C=C/C(=O)N[C@@H](C)C(=O)OCc2coc(-c3ccccc3)n2)cc1. The minimum atomic E-state index is -0.807. The topological polar surface area (TPSA) is 90.7 Å². The van der Waals surface area contributed by atoms with E-state index in [-0.39, 0.29) is 6.61 Å². The second kappa shape index (κ2) is 10.1. The maximum absolute atomic E-state index is 12.1. The van der Waals surface area contributed by atoms with Gasteiger partial charge in [-0.3, -0.25) is 4.79 Å². The summed E-state index contributed by atoms with van der Waals surface area (Å²) in [6.45, 7) is 1.51. The molecule has 0 aliphatic rings. The van der Waals surface area contributed by atoms with E-state index in [4.69, 9.17) is 13.9 Å². The van der Waals surface area contributed by atoms with Crippen molar-refractivity contribution in [2.75, 3.05) is 7.11 Å². The Balaban J connectivity index is 1.46. The van der Waals surface area contributed by atoms with Crippen molar-refractivity contribution >= 4 is 18.0 Å². The van der Waals surface area contributed by atoms with Crippen molar-refractivity contribution in [2.45, 2.75) is 19.6 Å². The summed E-state index contributed by atoms with van der Waals surface area (Å²) in [5.41, 5.74) is 2.15. The van der Waals surface area contributed by atoms with Crippen LogP contribution in [-0.4, -0.2) is 30.0 Å². The Labute approximate surface area is 174 Å². The molecule has 1 aromatic heterocycles. The summed E-state index contributed by atoms with van der Waals surface area (Å²) in [5, 5.41) is 2.57. The molecular formula is C23H22N2O5. The molecule has 0 aliphatic heterocycles. The second-order valence-electron chi connectivity index (χ2n) is 6.45. The van der Waals surface area contributed by atoms with Crippen LogP contribution in [0.3, 0.4) is 0 Å². The van der Waals surface area contributed by atoms with E-state index in [2.05, 4.69) is 10.3 Å². The molecule has 0 aliphatic carbocycles. The predicted octanol–water partition coefficient (Wildman–Crippen LogP) is 3.61. The Morgan fingerprint density at radius 2 is 1.87 bits per heavy atom. The predicted molar refractivity (Wildman–Crippen MR) is 111 cm³/mol. The van der Waals surface area contributed by atoms with E-state index in [1.165, 1.54) is 12.3 Å². The molecule has 154 valence electrons. The number of hydrogen-bond acceptors (Lipinski definition) is 6. The van der Waals surface area contributed by atoms with Gasteiger partial charge in [0.25, 0.3) is 0 Å². The molecule has 1 heterocycles. The van der Waals surface area contributed by atoms with Crippen molar-refractivity contribution in [3.8, 4) is 17.2 Å². The summed E-state index contributed by atoms with van der Waals surface area (Å²) in [7, 11) is 1.59. The van der Waals surface area contributed by atoms with Crippen LogP contribution in [0.2, 0.25) is 0 Å². The summed E-state index contributed by atoms with van der Waals surface area (Å²) in [6, 6.07) is 15.8. The molecule has 7 heteroatoms. The lowest BCUT2D eigenvalue weighted by Crippen LogP contribution is -2.38. The maximum atomic E-state index is 12.1. The van der Waals surface area contributed by atoms with Gasteiger partial charge in [-0.2, -0.15) is 0 Å². The lowest BCUT2D eigenvalue weighted by molar-refractivity contribution is -0.148. The molecule has 1 atom stereocenters. The zero-order valence-electron chi connectivity index (χ0n) is 16.7. The zero-order chi connectivity index (χ0) is 21.3. The second-order valence-corrected chi connectivity index (χ2v) is 6.45. The molecule has 2 aromatic carbocycles. The Bertz CT molecular complexity index is 1010. The number of methoxy groups -OCH3 is 1. The Hall–Kier alpha value is -3.87. The van der Waals surface area contributed by atoms with Gasteiger partial charge in [-0.05, 0) is 42.8 Å². The quantitative estimate of drug-likeness (QED) is 0.454. The lowest BCUT2D eigenvalue weighted by Gasteiger charge is -2.11. The third-order valence-electron chi connectivity index (χ3n) is 4.19. The van der Waals surface area contributed by atoms with Crippen LogP contribution in [0.15, 0.2) is 71.4 Å². The number of oxazole rings is 1. The number of aromatic nitrogens is 1. The van der Waals surface area contributed by atoms with E-state index < -0.39 is 17.9 Å². The van der Waals surface area contributed by atoms with Crippen LogP contribution in [0.1, 0.15) is 18.2 Å². The highest BCUT2D eigenvalue weighted by molar-refractivity contribution is 5.94. The molecule has 0 fully saturated rings. The number of hydrogen-bond donors (Lipinski definition) is 1. The number of nitrogens with zero attached hydrogens (tertiary/aromatic N) is 1. The molecule has 0 saturated carbocycles. The number of ether oxygens (including phenoxy) is 2. The summed E-state index contributed by atoms with van der Waals surface area (Å²) >= 11 is 0. The number of benzene rings is 2. The first kappa shape index (κ1) is 20.9. The highest BCUT2D eigenvalue weighted by Crippen LogP contribution is 2.18. The van der Waals surface area contributed by atoms with Crippen LogP contribution in [-0.2, 0) is 20.9 Å².